The lowest BCUT2D eigenvalue weighted by atomic mass is 10.2. The van der Waals surface area contributed by atoms with Crippen molar-refractivity contribution in [3.63, 3.8) is 0 Å². The molecule has 0 fully saturated rings. The van der Waals surface area contributed by atoms with Crippen molar-refractivity contribution in [3.05, 3.63) is 56.5 Å². The van der Waals surface area contributed by atoms with Gasteiger partial charge in [0.1, 0.15) is 6.54 Å². The highest BCUT2D eigenvalue weighted by atomic mass is 79.9. The number of carbonyl (C=O) groups excluding carboxylic acids is 3. The maximum Gasteiger partial charge on any atom is 0.325 e. The van der Waals surface area contributed by atoms with Gasteiger partial charge in [-0.1, -0.05) is 0 Å². The summed E-state index contributed by atoms with van der Waals surface area (Å²) in [6.07, 6.45) is 0. The number of benzene rings is 2. The van der Waals surface area contributed by atoms with Gasteiger partial charge in [0.05, 0.1) is 10.6 Å². The van der Waals surface area contributed by atoms with Gasteiger partial charge in [0.15, 0.2) is 18.1 Å². The fourth-order valence-electron chi connectivity index (χ4n) is 2.39. The van der Waals surface area contributed by atoms with E-state index in [2.05, 4.69) is 26.6 Å². The van der Waals surface area contributed by atoms with Crippen LogP contribution in [0.1, 0.15) is 10.4 Å². The van der Waals surface area contributed by atoms with Crippen molar-refractivity contribution in [3.8, 4) is 11.5 Å². The third kappa shape index (κ3) is 5.23. The number of amides is 2. The standard InChI is InChI=1S/C18H14BrN3O8/c19-12-6-11(22(26)27)2-3-13(12)21-16(23)8-28-17(24)7-20-18(25)10-1-4-14-15(5-10)30-9-29-14/h1-6H,7-9H2,(H,20,25)(H,21,23). The second-order valence-corrected chi connectivity index (χ2v) is 6.74. The van der Waals surface area contributed by atoms with E-state index in [1.54, 1.807) is 6.07 Å². The number of ether oxygens (including phenoxy) is 3. The van der Waals surface area contributed by atoms with Gasteiger partial charge in [0, 0.05) is 22.2 Å². The number of nitro benzene ring substituents is 1. The summed E-state index contributed by atoms with van der Waals surface area (Å²) in [6, 6.07) is 8.37. The number of carbonyl (C=O) groups is 3. The van der Waals surface area contributed by atoms with Crippen molar-refractivity contribution in [2.75, 3.05) is 25.3 Å². The number of nitro groups is 1. The molecule has 0 spiro atoms. The average molecular weight is 480 g/mol. The van der Waals surface area contributed by atoms with Crippen LogP contribution in [-0.4, -0.2) is 42.7 Å². The number of hydrogen-bond acceptors (Lipinski definition) is 8. The van der Waals surface area contributed by atoms with Gasteiger partial charge in [-0.2, -0.15) is 0 Å². The normalized spacial score (nSPS) is 11.5. The molecule has 0 aliphatic carbocycles. The van der Waals surface area contributed by atoms with Gasteiger partial charge in [0.2, 0.25) is 6.79 Å². The van der Waals surface area contributed by atoms with Gasteiger partial charge < -0.3 is 24.8 Å². The van der Waals surface area contributed by atoms with E-state index in [0.717, 1.165) is 0 Å². The van der Waals surface area contributed by atoms with Crippen molar-refractivity contribution in [1.82, 2.24) is 5.32 Å². The molecule has 12 heteroatoms. The van der Waals surface area contributed by atoms with Gasteiger partial charge >= 0.3 is 5.97 Å². The molecule has 30 heavy (non-hydrogen) atoms. The van der Waals surface area contributed by atoms with Crippen LogP contribution in [0.25, 0.3) is 0 Å². The molecule has 1 heterocycles. The Bertz CT molecular complexity index is 1030. The van der Waals surface area contributed by atoms with Crippen LogP contribution >= 0.6 is 15.9 Å². The summed E-state index contributed by atoms with van der Waals surface area (Å²) >= 11 is 3.11. The number of nitrogens with zero attached hydrogens (tertiary/aromatic N) is 1. The quantitative estimate of drug-likeness (QED) is 0.348. The topological polar surface area (TPSA) is 146 Å². The van der Waals surface area contributed by atoms with Crippen molar-refractivity contribution in [2.45, 2.75) is 0 Å². The zero-order valence-electron chi connectivity index (χ0n) is 15.2. The molecule has 0 aromatic heterocycles. The second kappa shape index (κ2) is 9.22. The average Bonchev–Trinajstić information content (AvgIpc) is 3.19. The molecule has 2 N–H and O–H groups in total. The molecule has 0 saturated carbocycles. The predicted molar refractivity (Wildman–Crippen MR) is 105 cm³/mol. The number of nitrogens with one attached hydrogen (secondary N) is 2. The molecule has 2 amide bonds. The smallest absolute Gasteiger partial charge is 0.325 e. The molecular weight excluding hydrogens is 466 g/mol. The Kier molecular flexibility index (Phi) is 6.47. The Morgan fingerprint density at radius 1 is 1.13 bits per heavy atom. The number of hydrogen-bond donors (Lipinski definition) is 2. The molecule has 2 aromatic rings. The highest BCUT2D eigenvalue weighted by Crippen LogP contribution is 2.32. The minimum atomic E-state index is -0.818. The van der Waals surface area contributed by atoms with E-state index in [1.807, 2.05) is 0 Å². The molecule has 0 saturated heterocycles. The summed E-state index contributed by atoms with van der Waals surface area (Å²) in [5.41, 5.74) is 0.398. The van der Waals surface area contributed by atoms with E-state index in [4.69, 9.17) is 14.2 Å². The van der Waals surface area contributed by atoms with Gasteiger partial charge in [-0.3, -0.25) is 24.5 Å². The monoisotopic (exact) mass is 479 g/mol. The molecule has 156 valence electrons. The molecule has 1 aliphatic heterocycles. The van der Waals surface area contributed by atoms with E-state index in [9.17, 15) is 24.5 Å². The molecule has 0 bridgehead atoms. The van der Waals surface area contributed by atoms with E-state index in [1.165, 1.54) is 30.3 Å². The number of anilines is 1. The van der Waals surface area contributed by atoms with Crippen LogP contribution in [0.15, 0.2) is 40.9 Å². The SMILES string of the molecule is O=C(COC(=O)CNC(=O)c1ccc2c(c1)OCO2)Nc1ccc([N+](=O)[O-])cc1Br. The molecule has 1 aliphatic rings. The van der Waals surface area contributed by atoms with Crippen LogP contribution in [0.5, 0.6) is 11.5 Å². The largest absolute Gasteiger partial charge is 0.454 e. The Labute approximate surface area is 177 Å². The zero-order valence-corrected chi connectivity index (χ0v) is 16.8. The van der Waals surface area contributed by atoms with Crippen LogP contribution in [-0.2, 0) is 14.3 Å². The molecule has 2 aromatic carbocycles. The Hall–Kier alpha value is -3.67. The summed E-state index contributed by atoms with van der Waals surface area (Å²) < 4.78 is 15.4. The first-order valence-electron chi connectivity index (χ1n) is 8.41. The molecule has 0 unspecified atom stereocenters. The number of fused-ring (bicyclic) bond motifs is 1. The summed E-state index contributed by atoms with van der Waals surface area (Å²) in [6.45, 7) is -0.963. The first-order chi connectivity index (χ1) is 14.3. The van der Waals surface area contributed by atoms with E-state index in [0.29, 0.717) is 16.0 Å². The van der Waals surface area contributed by atoms with Gasteiger partial charge in [-0.25, -0.2) is 0 Å². The van der Waals surface area contributed by atoms with E-state index >= 15 is 0 Å². The molecular formula is C18H14BrN3O8. The van der Waals surface area contributed by atoms with E-state index in [-0.39, 0.29) is 23.7 Å². The molecule has 0 atom stereocenters. The number of halogens is 1. The van der Waals surface area contributed by atoms with Crippen molar-refractivity contribution in [2.24, 2.45) is 0 Å². The third-order valence-electron chi connectivity index (χ3n) is 3.83. The van der Waals surface area contributed by atoms with Crippen molar-refractivity contribution >= 4 is 45.1 Å². The molecule has 0 radical (unpaired) electrons. The highest BCUT2D eigenvalue weighted by molar-refractivity contribution is 9.10. The fourth-order valence-corrected chi connectivity index (χ4v) is 2.86. The minimum Gasteiger partial charge on any atom is -0.454 e. The summed E-state index contributed by atoms with van der Waals surface area (Å²) in [5, 5.41) is 15.5. The Balaban J connectivity index is 1.43. The Morgan fingerprint density at radius 3 is 2.63 bits per heavy atom. The zero-order chi connectivity index (χ0) is 21.7. The third-order valence-corrected chi connectivity index (χ3v) is 4.49. The molecule has 3 rings (SSSR count). The number of non-ortho nitro benzene ring substituents is 1. The van der Waals surface area contributed by atoms with Crippen LogP contribution in [0, 0.1) is 10.1 Å². The van der Waals surface area contributed by atoms with Gasteiger partial charge in [0.25, 0.3) is 17.5 Å². The van der Waals surface area contributed by atoms with Gasteiger partial charge in [-0.15, -0.1) is 0 Å². The lowest BCUT2D eigenvalue weighted by Crippen LogP contribution is -2.32. The van der Waals surface area contributed by atoms with Crippen molar-refractivity contribution < 1.29 is 33.5 Å². The summed E-state index contributed by atoms with van der Waals surface area (Å²) in [4.78, 5) is 45.9. The number of esters is 1. The predicted octanol–water partition coefficient (Wildman–Crippen LogP) is 2.00. The lowest BCUT2D eigenvalue weighted by molar-refractivity contribution is -0.384. The first-order valence-corrected chi connectivity index (χ1v) is 9.20. The number of rotatable bonds is 7. The van der Waals surface area contributed by atoms with Crippen LogP contribution < -0.4 is 20.1 Å². The summed E-state index contributed by atoms with van der Waals surface area (Å²) in [5.74, 6) is -1.04. The van der Waals surface area contributed by atoms with E-state index < -0.39 is 35.9 Å². The maximum absolute atomic E-state index is 12.1. The first kappa shape index (κ1) is 21.0. The van der Waals surface area contributed by atoms with Gasteiger partial charge in [-0.05, 0) is 40.2 Å². The highest BCUT2D eigenvalue weighted by Gasteiger charge is 2.17. The fraction of sp³-hybridized carbons (Fsp3) is 0.167. The van der Waals surface area contributed by atoms with Crippen LogP contribution in [0.4, 0.5) is 11.4 Å². The second-order valence-electron chi connectivity index (χ2n) is 5.88. The Morgan fingerprint density at radius 2 is 1.90 bits per heavy atom. The maximum atomic E-state index is 12.1. The van der Waals surface area contributed by atoms with Crippen LogP contribution in [0.2, 0.25) is 0 Å². The van der Waals surface area contributed by atoms with Crippen molar-refractivity contribution in [1.29, 1.82) is 0 Å². The van der Waals surface area contributed by atoms with Crippen LogP contribution in [0.3, 0.4) is 0 Å². The molecule has 11 nitrogen and oxygen atoms in total. The summed E-state index contributed by atoms with van der Waals surface area (Å²) in [7, 11) is 0. The lowest BCUT2D eigenvalue weighted by Gasteiger charge is -2.09. The minimum absolute atomic E-state index is 0.0746.